The zero-order valence-electron chi connectivity index (χ0n) is 14.5. The summed E-state index contributed by atoms with van der Waals surface area (Å²) in [5.74, 6) is 1.83. The van der Waals surface area contributed by atoms with Gasteiger partial charge in [0, 0.05) is 42.9 Å². The fourth-order valence-corrected chi connectivity index (χ4v) is 4.24. The Bertz CT molecular complexity index is 538. The number of nitrogens with one attached hydrogen (secondary N) is 1. The van der Waals surface area contributed by atoms with Crippen LogP contribution in [0, 0.1) is 11.8 Å². The highest BCUT2D eigenvalue weighted by molar-refractivity contribution is 7.09. The fourth-order valence-electron chi connectivity index (χ4n) is 3.41. The quantitative estimate of drug-likeness (QED) is 0.867. The molecule has 0 spiro atoms. The first kappa shape index (κ1) is 16.9. The van der Waals surface area contributed by atoms with Crippen LogP contribution >= 0.6 is 11.3 Å². The number of nitrogens with zero attached hydrogens (tertiary/aromatic N) is 2. The number of carbonyl (C=O) groups excluding carboxylic acids is 1. The van der Waals surface area contributed by atoms with E-state index in [2.05, 4.69) is 36.4 Å². The molecule has 2 heterocycles. The van der Waals surface area contributed by atoms with Crippen LogP contribution < -0.4 is 5.32 Å². The number of amides is 1. The van der Waals surface area contributed by atoms with Gasteiger partial charge in [-0.3, -0.25) is 4.79 Å². The van der Waals surface area contributed by atoms with Crippen LogP contribution in [0.1, 0.15) is 63.1 Å². The Morgan fingerprint density at radius 1 is 1.43 bits per heavy atom. The zero-order chi connectivity index (χ0) is 16.4. The fraction of sp³-hybridized carbons (Fsp3) is 0.778. The monoisotopic (exact) mass is 335 g/mol. The molecule has 5 heteroatoms. The number of aromatic nitrogens is 1. The van der Waals surface area contributed by atoms with Crippen LogP contribution in [-0.2, 0) is 11.3 Å². The maximum atomic E-state index is 12.3. The van der Waals surface area contributed by atoms with Gasteiger partial charge in [-0.05, 0) is 25.2 Å². The Morgan fingerprint density at radius 2 is 2.22 bits per heavy atom. The Morgan fingerprint density at radius 3 is 2.83 bits per heavy atom. The summed E-state index contributed by atoms with van der Waals surface area (Å²) in [5, 5.41) is 7.10. The average molecular weight is 336 g/mol. The summed E-state index contributed by atoms with van der Waals surface area (Å²) >= 11 is 1.76. The highest BCUT2D eigenvalue weighted by Crippen LogP contribution is 2.33. The summed E-state index contributed by atoms with van der Waals surface area (Å²) in [6.07, 6.45) is 4.41. The molecule has 4 nitrogen and oxygen atoms in total. The molecule has 1 aromatic rings. The lowest BCUT2D eigenvalue weighted by Gasteiger charge is -2.39. The lowest BCUT2D eigenvalue weighted by Crippen LogP contribution is -2.51. The van der Waals surface area contributed by atoms with Gasteiger partial charge in [0.1, 0.15) is 0 Å². The van der Waals surface area contributed by atoms with Crippen LogP contribution in [0.5, 0.6) is 0 Å². The van der Waals surface area contributed by atoms with E-state index in [0.717, 1.165) is 51.0 Å². The molecule has 3 rings (SSSR count). The van der Waals surface area contributed by atoms with E-state index in [0.29, 0.717) is 29.7 Å². The van der Waals surface area contributed by atoms with Crippen molar-refractivity contribution in [2.75, 3.05) is 13.1 Å². The molecule has 0 unspecified atom stereocenters. The molecule has 0 bridgehead atoms. The molecule has 2 fully saturated rings. The first-order chi connectivity index (χ1) is 11.1. The predicted octanol–water partition coefficient (Wildman–Crippen LogP) is 3.39. The lowest BCUT2D eigenvalue weighted by molar-refractivity contribution is -0.134. The van der Waals surface area contributed by atoms with Gasteiger partial charge in [0.05, 0.1) is 10.7 Å². The molecule has 0 radical (unpaired) electrons. The van der Waals surface area contributed by atoms with Crippen molar-refractivity contribution in [1.82, 2.24) is 15.2 Å². The third kappa shape index (κ3) is 4.13. The SMILES string of the molecule is CC[C@H]1CN(C(=O)C2CC2)CC[C@H]1NCc1csc(C(C)C)n1. The molecular formula is C18H29N3OS. The van der Waals surface area contributed by atoms with Crippen molar-refractivity contribution in [3.8, 4) is 0 Å². The largest absolute Gasteiger partial charge is 0.342 e. The van der Waals surface area contributed by atoms with Gasteiger partial charge in [0.25, 0.3) is 0 Å². The minimum absolute atomic E-state index is 0.349. The Kier molecular flexibility index (Phi) is 5.37. The van der Waals surface area contributed by atoms with Gasteiger partial charge in [-0.15, -0.1) is 11.3 Å². The van der Waals surface area contributed by atoms with Crippen molar-refractivity contribution in [1.29, 1.82) is 0 Å². The van der Waals surface area contributed by atoms with Crippen LogP contribution in [0.2, 0.25) is 0 Å². The van der Waals surface area contributed by atoms with Crippen molar-refractivity contribution < 1.29 is 4.79 Å². The van der Waals surface area contributed by atoms with E-state index >= 15 is 0 Å². The molecular weight excluding hydrogens is 306 g/mol. The van der Waals surface area contributed by atoms with E-state index in [1.807, 2.05) is 0 Å². The van der Waals surface area contributed by atoms with Crippen molar-refractivity contribution in [3.05, 3.63) is 16.1 Å². The lowest BCUT2D eigenvalue weighted by atomic mass is 9.89. The van der Waals surface area contributed by atoms with E-state index in [4.69, 9.17) is 4.98 Å². The average Bonchev–Trinajstić information content (AvgIpc) is 3.29. The third-order valence-corrected chi connectivity index (χ3v) is 6.30. The molecule has 0 aromatic carbocycles. The molecule has 2 atom stereocenters. The number of likely N-dealkylation sites (tertiary alicyclic amines) is 1. The minimum Gasteiger partial charge on any atom is -0.342 e. The molecule has 2 aliphatic rings. The van der Waals surface area contributed by atoms with Gasteiger partial charge in [0.2, 0.25) is 5.91 Å². The maximum absolute atomic E-state index is 12.3. The Labute approximate surface area is 143 Å². The van der Waals surface area contributed by atoms with Crippen LogP contribution in [-0.4, -0.2) is 34.9 Å². The van der Waals surface area contributed by atoms with Crippen LogP contribution in [0.25, 0.3) is 0 Å². The van der Waals surface area contributed by atoms with Gasteiger partial charge >= 0.3 is 0 Å². The molecule has 1 aliphatic heterocycles. The van der Waals surface area contributed by atoms with E-state index in [-0.39, 0.29) is 0 Å². The number of thiazole rings is 1. The second-order valence-electron chi connectivity index (χ2n) is 7.33. The molecule has 1 amide bonds. The van der Waals surface area contributed by atoms with Crippen LogP contribution in [0.15, 0.2) is 5.38 Å². The van der Waals surface area contributed by atoms with Gasteiger partial charge < -0.3 is 10.2 Å². The number of rotatable bonds is 6. The van der Waals surface area contributed by atoms with Gasteiger partial charge in [-0.25, -0.2) is 4.98 Å². The van der Waals surface area contributed by atoms with Crippen LogP contribution in [0.4, 0.5) is 0 Å². The summed E-state index contributed by atoms with van der Waals surface area (Å²) in [6, 6.07) is 0.507. The highest BCUT2D eigenvalue weighted by Gasteiger charge is 2.37. The smallest absolute Gasteiger partial charge is 0.225 e. The van der Waals surface area contributed by atoms with Gasteiger partial charge in [-0.1, -0.05) is 27.2 Å². The topological polar surface area (TPSA) is 45.2 Å². The molecule has 128 valence electrons. The van der Waals surface area contributed by atoms with Crippen molar-refractivity contribution in [2.45, 2.75) is 65.0 Å². The normalized spacial score (nSPS) is 25.1. The molecule has 1 N–H and O–H groups in total. The standard InChI is InChI=1S/C18H29N3OS/c1-4-13-10-21(18(22)14-5-6-14)8-7-16(13)19-9-15-11-23-17(20-15)12(2)3/h11-14,16,19H,4-10H2,1-3H3/t13-,16+/m0/s1. The highest BCUT2D eigenvalue weighted by atomic mass is 32.1. The number of hydrogen-bond donors (Lipinski definition) is 1. The van der Waals surface area contributed by atoms with E-state index in [1.165, 1.54) is 5.01 Å². The molecule has 1 saturated heterocycles. The third-order valence-electron chi connectivity index (χ3n) is 5.11. The molecule has 1 saturated carbocycles. The Balaban J connectivity index is 1.52. The van der Waals surface area contributed by atoms with E-state index in [1.54, 1.807) is 11.3 Å². The van der Waals surface area contributed by atoms with Crippen molar-refractivity contribution >= 4 is 17.2 Å². The first-order valence-electron chi connectivity index (χ1n) is 9.05. The minimum atomic E-state index is 0.349. The summed E-state index contributed by atoms with van der Waals surface area (Å²) in [7, 11) is 0. The summed E-state index contributed by atoms with van der Waals surface area (Å²) in [6.45, 7) is 9.31. The first-order valence-corrected chi connectivity index (χ1v) is 9.93. The number of piperidine rings is 1. The summed E-state index contributed by atoms with van der Waals surface area (Å²) in [5.41, 5.74) is 1.16. The molecule has 23 heavy (non-hydrogen) atoms. The van der Waals surface area contributed by atoms with Crippen LogP contribution in [0.3, 0.4) is 0 Å². The maximum Gasteiger partial charge on any atom is 0.225 e. The van der Waals surface area contributed by atoms with Gasteiger partial charge in [-0.2, -0.15) is 0 Å². The molecule has 1 aliphatic carbocycles. The van der Waals surface area contributed by atoms with Gasteiger partial charge in [0.15, 0.2) is 0 Å². The predicted molar refractivity (Wildman–Crippen MR) is 94.5 cm³/mol. The number of carbonyl (C=O) groups is 1. The van der Waals surface area contributed by atoms with E-state index < -0.39 is 0 Å². The summed E-state index contributed by atoms with van der Waals surface area (Å²) < 4.78 is 0. The molecule has 1 aromatic heterocycles. The number of hydrogen-bond acceptors (Lipinski definition) is 4. The second-order valence-corrected chi connectivity index (χ2v) is 8.22. The van der Waals surface area contributed by atoms with E-state index in [9.17, 15) is 4.79 Å². The van der Waals surface area contributed by atoms with Crippen molar-refractivity contribution in [3.63, 3.8) is 0 Å². The zero-order valence-corrected chi connectivity index (χ0v) is 15.4. The second kappa shape index (κ2) is 7.31. The van der Waals surface area contributed by atoms with Crippen molar-refractivity contribution in [2.24, 2.45) is 11.8 Å². The Hall–Kier alpha value is -0.940. The summed E-state index contributed by atoms with van der Waals surface area (Å²) in [4.78, 5) is 19.1.